The maximum atomic E-state index is 5.29. The molecule has 7 heteroatoms. The maximum Gasteiger partial charge on any atom is 0.286 e. The molecule has 0 bridgehead atoms. The smallest absolute Gasteiger partial charge is 0.286 e. The number of imidazole rings is 1. The van der Waals surface area contributed by atoms with E-state index in [1.165, 1.54) is 6.34 Å². The van der Waals surface area contributed by atoms with E-state index in [2.05, 4.69) is 62.4 Å². The molecule has 124 valence electrons. The third kappa shape index (κ3) is 3.16. The Morgan fingerprint density at radius 1 is 1.21 bits per heavy atom. The molecule has 0 fully saturated rings. The van der Waals surface area contributed by atoms with Crippen LogP contribution in [-0.4, -0.2) is 18.0 Å². The van der Waals surface area contributed by atoms with Crippen molar-refractivity contribution in [1.29, 1.82) is 0 Å². The van der Waals surface area contributed by atoms with Gasteiger partial charge in [-0.05, 0) is 11.6 Å². The van der Waals surface area contributed by atoms with Gasteiger partial charge in [-0.15, -0.1) is 0 Å². The summed E-state index contributed by atoms with van der Waals surface area (Å²) in [5.41, 5.74) is 10.3. The molecule has 0 radical (unpaired) electrons. The summed E-state index contributed by atoms with van der Waals surface area (Å²) in [4.78, 5) is 0. The average Bonchev–Trinajstić information content (AvgIpc) is 2.95. The van der Waals surface area contributed by atoms with Gasteiger partial charge in [-0.1, -0.05) is 24.3 Å². The van der Waals surface area contributed by atoms with Crippen LogP contribution in [0.15, 0.2) is 53.9 Å². The minimum atomic E-state index is 0.674. The van der Waals surface area contributed by atoms with E-state index in [1.54, 1.807) is 7.11 Å². The molecule has 0 atom stereocenters. The molecule has 0 aliphatic rings. The zero-order valence-corrected chi connectivity index (χ0v) is 13.7. The van der Waals surface area contributed by atoms with Gasteiger partial charge in [-0.2, -0.15) is 9.50 Å². The predicted molar refractivity (Wildman–Crippen MR) is 93.2 cm³/mol. The van der Waals surface area contributed by atoms with Crippen molar-refractivity contribution < 1.29 is 9.14 Å². The Kier molecular flexibility index (Phi) is 4.62. The second kappa shape index (κ2) is 7.01. The molecule has 3 aromatic rings. The highest BCUT2D eigenvalue weighted by atomic mass is 16.5. The number of rotatable bonds is 6. The van der Waals surface area contributed by atoms with Crippen molar-refractivity contribution in [2.45, 2.75) is 6.54 Å². The molecule has 0 spiro atoms. The second-order valence-corrected chi connectivity index (χ2v) is 5.38. The lowest BCUT2D eigenvalue weighted by Crippen LogP contribution is -2.30. The number of hydrazone groups is 1. The van der Waals surface area contributed by atoms with E-state index in [4.69, 9.17) is 10.6 Å². The third-order valence-electron chi connectivity index (χ3n) is 3.91. The van der Waals surface area contributed by atoms with E-state index in [0.29, 0.717) is 6.54 Å². The van der Waals surface area contributed by atoms with E-state index in [1.807, 2.05) is 18.3 Å². The summed E-state index contributed by atoms with van der Waals surface area (Å²) in [6, 6.07) is 12.4. The van der Waals surface area contributed by atoms with Crippen LogP contribution in [0.2, 0.25) is 0 Å². The number of hydrogen-bond acceptors (Lipinski definition) is 4. The number of hydrogen-bond donors (Lipinski definition) is 3. The number of aromatic nitrogens is 2. The highest BCUT2D eigenvalue weighted by molar-refractivity contribution is 5.61. The Hall–Kier alpha value is -3.06. The van der Waals surface area contributed by atoms with Crippen LogP contribution >= 0.6 is 0 Å². The summed E-state index contributed by atoms with van der Waals surface area (Å²) in [5.74, 6) is 5.84. The first-order valence-corrected chi connectivity index (χ1v) is 7.57. The fourth-order valence-electron chi connectivity index (χ4n) is 2.64. The Morgan fingerprint density at radius 3 is 2.71 bits per heavy atom. The lowest BCUT2D eigenvalue weighted by molar-refractivity contribution is -0.510. The number of hydrazine groups is 1. The number of benzene rings is 1. The minimum Gasteiger partial charge on any atom is -0.493 e. The molecule has 0 amide bonds. The molecule has 0 unspecified atom stereocenters. The first-order valence-electron chi connectivity index (χ1n) is 7.57. The molecule has 2 heterocycles. The number of nitrogens with zero attached hydrogens (tertiary/aromatic N) is 3. The van der Waals surface area contributed by atoms with Crippen LogP contribution in [0.5, 0.6) is 5.75 Å². The Morgan fingerprint density at radius 2 is 2.00 bits per heavy atom. The number of ether oxygens (including phenoxy) is 1. The van der Waals surface area contributed by atoms with Gasteiger partial charge in [0.25, 0.3) is 5.65 Å². The summed E-state index contributed by atoms with van der Waals surface area (Å²) in [7, 11) is 3.73. The highest BCUT2D eigenvalue weighted by Gasteiger charge is 2.16. The Bertz CT molecular complexity index is 853. The van der Waals surface area contributed by atoms with Gasteiger partial charge in [0.2, 0.25) is 0 Å². The molecule has 0 saturated heterocycles. The molecule has 1 aromatic carbocycles. The van der Waals surface area contributed by atoms with Gasteiger partial charge >= 0.3 is 0 Å². The number of pyridine rings is 1. The molecular weight excluding hydrogens is 304 g/mol. The molecule has 0 aliphatic heterocycles. The van der Waals surface area contributed by atoms with Crippen molar-refractivity contribution >= 4 is 12.0 Å². The summed E-state index contributed by atoms with van der Waals surface area (Å²) in [5, 5.41) is 3.35. The fourth-order valence-corrected chi connectivity index (χ4v) is 2.64. The maximum absolute atomic E-state index is 5.29. The highest BCUT2D eigenvalue weighted by Crippen LogP contribution is 2.21. The van der Waals surface area contributed by atoms with E-state index in [-0.39, 0.29) is 0 Å². The number of nitrogens with two attached hydrogens (primary N) is 1. The molecular formula is C17H21N6O+. The Labute approximate surface area is 140 Å². The predicted octanol–water partition coefficient (Wildman–Crippen LogP) is 0.936. The molecule has 24 heavy (non-hydrogen) atoms. The van der Waals surface area contributed by atoms with Crippen molar-refractivity contribution in [3.63, 3.8) is 0 Å². The number of methoxy groups -OCH3 is 1. The third-order valence-corrected chi connectivity index (χ3v) is 3.91. The van der Waals surface area contributed by atoms with Crippen molar-refractivity contribution in [3.05, 3.63) is 54.4 Å². The second-order valence-electron chi connectivity index (χ2n) is 5.38. The quantitative estimate of drug-likeness (QED) is 0.157. The molecule has 4 N–H and O–H groups in total. The number of aryl methyl sites for hydroxylation is 1. The van der Waals surface area contributed by atoms with Gasteiger partial charge < -0.3 is 16.0 Å². The lowest BCUT2D eigenvalue weighted by atomic mass is 10.1. The number of nitrogens with one attached hydrogen (secondary N) is 2. The van der Waals surface area contributed by atoms with Crippen LogP contribution in [0, 0.1) is 0 Å². The van der Waals surface area contributed by atoms with Gasteiger partial charge in [0.1, 0.15) is 18.7 Å². The zero-order chi connectivity index (χ0) is 16.9. The van der Waals surface area contributed by atoms with E-state index in [0.717, 1.165) is 28.2 Å². The number of fused-ring (bicyclic) bond motifs is 1. The van der Waals surface area contributed by atoms with Crippen molar-refractivity contribution in [3.8, 4) is 17.0 Å². The van der Waals surface area contributed by atoms with E-state index >= 15 is 0 Å². The topological polar surface area (TPSA) is 80.7 Å². The molecule has 2 aromatic heterocycles. The molecule has 7 nitrogen and oxygen atoms in total. The van der Waals surface area contributed by atoms with Gasteiger partial charge in [-0.25, -0.2) is 9.99 Å². The van der Waals surface area contributed by atoms with Crippen LogP contribution in [0.25, 0.3) is 16.9 Å². The van der Waals surface area contributed by atoms with Crippen LogP contribution in [0.1, 0.15) is 5.56 Å². The summed E-state index contributed by atoms with van der Waals surface area (Å²) >= 11 is 0. The molecule has 3 rings (SSSR count). The molecule has 0 aliphatic carbocycles. The van der Waals surface area contributed by atoms with Crippen molar-refractivity contribution in [2.75, 3.05) is 7.11 Å². The van der Waals surface area contributed by atoms with Crippen LogP contribution in [0.4, 0.5) is 0 Å². The van der Waals surface area contributed by atoms with Gasteiger partial charge in [0.05, 0.1) is 14.2 Å². The first kappa shape index (κ1) is 15.8. The van der Waals surface area contributed by atoms with Crippen LogP contribution in [-0.2, 0) is 13.6 Å². The van der Waals surface area contributed by atoms with Crippen molar-refractivity contribution in [2.24, 2.45) is 18.0 Å². The standard InChI is InChI=1S/C17H21N6O/c1-22-16(11-23-10-15(24-2)7-8-17(22)23)14-5-3-13(4-6-14)9-20-21-12-19-18/h3-8,10-12,20H,9,18H2,1-2H3,(H,19,21)/q+1. The largest absolute Gasteiger partial charge is 0.493 e. The molecule has 0 saturated carbocycles. The monoisotopic (exact) mass is 325 g/mol. The van der Waals surface area contributed by atoms with Gasteiger partial charge in [0.15, 0.2) is 11.4 Å². The zero-order valence-electron chi connectivity index (χ0n) is 13.7. The summed E-state index contributed by atoms with van der Waals surface area (Å²) in [6.07, 6.45) is 5.47. The minimum absolute atomic E-state index is 0.674. The van der Waals surface area contributed by atoms with E-state index in [9.17, 15) is 0 Å². The summed E-state index contributed by atoms with van der Waals surface area (Å²) in [6.45, 7) is 0.674. The average molecular weight is 325 g/mol. The van der Waals surface area contributed by atoms with E-state index < -0.39 is 0 Å². The SMILES string of the molecule is COc1ccc2n(C)c(-c3ccc(CNNC=NN)cc3)c[n+]2c1. The van der Waals surface area contributed by atoms with Crippen molar-refractivity contribution in [1.82, 2.24) is 15.4 Å². The van der Waals surface area contributed by atoms with Gasteiger partial charge in [0, 0.05) is 18.2 Å². The normalized spacial score (nSPS) is 11.2. The van der Waals surface area contributed by atoms with Gasteiger partial charge in [-0.3, -0.25) is 0 Å². The Balaban J connectivity index is 1.83. The van der Waals surface area contributed by atoms with Crippen LogP contribution in [0.3, 0.4) is 0 Å². The lowest BCUT2D eigenvalue weighted by Gasteiger charge is -2.04. The first-order chi connectivity index (χ1) is 11.7. The van der Waals surface area contributed by atoms with Crippen LogP contribution < -0.4 is 25.8 Å². The summed E-state index contributed by atoms with van der Waals surface area (Å²) < 4.78 is 9.52. The fraction of sp³-hybridized carbons (Fsp3) is 0.176.